The lowest BCUT2D eigenvalue weighted by molar-refractivity contribution is 0.326. The van der Waals surface area contributed by atoms with Crippen molar-refractivity contribution in [1.82, 2.24) is 14.1 Å². The van der Waals surface area contributed by atoms with E-state index in [4.69, 9.17) is 11.6 Å². The van der Waals surface area contributed by atoms with E-state index in [1.165, 1.54) is 0 Å². The average molecular weight is 362 g/mol. The van der Waals surface area contributed by atoms with Crippen molar-refractivity contribution in [3.05, 3.63) is 29.3 Å². The van der Waals surface area contributed by atoms with Crippen LogP contribution in [0, 0.1) is 0 Å². The van der Waals surface area contributed by atoms with Crippen molar-refractivity contribution in [1.29, 1.82) is 0 Å². The van der Waals surface area contributed by atoms with Gasteiger partial charge in [-0.3, -0.25) is 0 Å². The minimum atomic E-state index is -3.56. The van der Waals surface area contributed by atoms with Gasteiger partial charge in [0.2, 0.25) is 10.0 Å². The van der Waals surface area contributed by atoms with Crippen molar-refractivity contribution >= 4 is 21.6 Å². The van der Waals surface area contributed by atoms with Crippen LogP contribution >= 0.6 is 11.6 Å². The number of benzene rings is 1. The van der Waals surface area contributed by atoms with Gasteiger partial charge in [0.1, 0.15) is 4.90 Å². The molecule has 0 radical (unpaired) electrons. The summed E-state index contributed by atoms with van der Waals surface area (Å²) in [7, 11) is 4.38. The highest BCUT2D eigenvalue weighted by Crippen LogP contribution is 2.24. The van der Waals surface area contributed by atoms with Gasteiger partial charge in [0, 0.05) is 13.1 Å². The van der Waals surface area contributed by atoms with Crippen LogP contribution in [0.1, 0.15) is 12.8 Å². The van der Waals surface area contributed by atoms with Gasteiger partial charge in [0.25, 0.3) is 0 Å². The van der Waals surface area contributed by atoms with E-state index < -0.39 is 10.0 Å². The predicted octanol–water partition coefficient (Wildman–Crippen LogP) is 2.23. The van der Waals surface area contributed by atoms with Gasteiger partial charge in [-0.05, 0) is 66.3 Å². The van der Waals surface area contributed by atoms with E-state index in [2.05, 4.69) is 9.80 Å². The second-order valence-electron chi connectivity index (χ2n) is 6.15. The van der Waals surface area contributed by atoms with E-state index in [0.717, 1.165) is 25.9 Å². The summed E-state index contributed by atoms with van der Waals surface area (Å²) in [6.07, 6.45) is 1.58. The predicted molar refractivity (Wildman–Crippen MR) is 96.6 cm³/mol. The topological polar surface area (TPSA) is 43.9 Å². The first-order valence-corrected chi connectivity index (χ1v) is 9.61. The van der Waals surface area contributed by atoms with Gasteiger partial charge in [-0.25, -0.2) is 8.42 Å². The van der Waals surface area contributed by atoms with Gasteiger partial charge in [0.05, 0.1) is 5.02 Å². The Balaban J connectivity index is 2.89. The largest absolute Gasteiger partial charge is 0.309 e. The minimum Gasteiger partial charge on any atom is -0.309 e. The van der Waals surface area contributed by atoms with Crippen LogP contribution in [0.5, 0.6) is 0 Å². The van der Waals surface area contributed by atoms with Crippen LogP contribution in [0.2, 0.25) is 5.02 Å². The molecule has 1 aromatic rings. The molecular weight excluding hydrogens is 334 g/mol. The van der Waals surface area contributed by atoms with E-state index in [1.807, 2.05) is 28.2 Å². The fourth-order valence-corrected chi connectivity index (χ4v) is 4.28. The molecule has 0 aliphatic heterocycles. The number of hydrogen-bond acceptors (Lipinski definition) is 4. The molecule has 0 heterocycles. The monoisotopic (exact) mass is 361 g/mol. The van der Waals surface area contributed by atoms with Gasteiger partial charge in [0.15, 0.2) is 0 Å². The summed E-state index contributed by atoms with van der Waals surface area (Å²) in [5.41, 5.74) is 0. The lowest BCUT2D eigenvalue weighted by Gasteiger charge is -2.24. The fourth-order valence-electron chi connectivity index (χ4n) is 2.27. The summed E-state index contributed by atoms with van der Waals surface area (Å²) < 4.78 is 27.4. The Morgan fingerprint density at radius 2 is 1.35 bits per heavy atom. The number of nitrogens with zero attached hydrogens (tertiary/aromatic N) is 3. The first kappa shape index (κ1) is 20.4. The Hall–Kier alpha value is -0.660. The van der Waals surface area contributed by atoms with Gasteiger partial charge in [-0.15, -0.1) is 0 Å². The first-order valence-electron chi connectivity index (χ1n) is 7.79. The Bertz CT molecular complexity index is 562. The summed E-state index contributed by atoms with van der Waals surface area (Å²) >= 11 is 6.10. The molecule has 0 saturated heterocycles. The zero-order valence-corrected chi connectivity index (χ0v) is 16.1. The summed E-state index contributed by atoms with van der Waals surface area (Å²) in [4.78, 5) is 4.30. The normalized spacial score (nSPS) is 12.5. The van der Waals surface area contributed by atoms with Crippen molar-refractivity contribution < 1.29 is 8.42 Å². The van der Waals surface area contributed by atoms with Gasteiger partial charge in [-0.2, -0.15) is 4.31 Å². The molecule has 0 unspecified atom stereocenters. The molecule has 0 aliphatic carbocycles. The molecule has 132 valence electrons. The van der Waals surface area contributed by atoms with Crippen molar-refractivity contribution in [3.8, 4) is 0 Å². The molecule has 0 aromatic heterocycles. The molecule has 0 N–H and O–H groups in total. The molecule has 0 fully saturated rings. The second kappa shape index (κ2) is 9.59. The van der Waals surface area contributed by atoms with Crippen molar-refractivity contribution in [2.75, 3.05) is 54.4 Å². The van der Waals surface area contributed by atoms with E-state index >= 15 is 0 Å². The fraction of sp³-hybridized carbons (Fsp3) is 0.625. The molecule has 1 rings (SSSR count). The summed E-state index contributed by atoms with van der Waals surface area (Å²) in [5, 5.41) is 0.276. The van der Waals surface area contributed by atoms with Gasteiger partial charge < -0.3 is 9.80 Å². The van der Waals surface area contributed by atoms with E-state index in [1.54, 1.807) is 28.6 Å². The van der Waals surface area contributed by atoms with E-state index in [-0.39, 0.29) is 9.92 Å². The molecule has 0 bridgehead atoms. The third-order valence-corrected chi connectivity index (χ3v) is 5.88. The van der Waals surface area contributed by atoms with E-state index in [0.29, 0.717) is 13.1 Å². The highest BCUT2D eigenvalue weighted by Gasteiger charge is 2.25. The van der Waals surface area contributed by atoms with Crippen LogP contribution in [-0.2, 0) is 10.0 Å². The number of sulfonamides is 1. The first-order chi connectivity index (χ1) is 10.7. The molecule has 5 nitrogen and oxygen atoms in total. The Labute approximate surface area is 145 Å². The highest BCUT2D eigenvalue weighted by molar-refractivity contribution is 7.89. The van der Waals surface area contributed by atoms with Crippen LogP contribution in [0.4, 0.5) is 0 Å². The van der Waals surface area contributed by atoms with Crippen molar-refractivity contribution in [3.63, 3.8) is 0 Å². The Kier molecular flexibility index (Phi) is 8.50. The molecule has 0 saturated carbocycles. The van der Waals surface area contributed by atoms with Crippen LogP contribution in [0.15, 0.2) is 29.2 Å². The molecular formula is C16H28ClN3O2S. The summed E-state index contributed by atoms with van der Waals surface area (Å²) in [6.45, 7) is 2.70. The van der Waals surface area contributed by atoms with Gasteiger partial charge in [-0.1, -0.05) is 23.7 Å². The smallest absolute Gasteiger partial charge is 0.244 e. The third kappa shape index (κ3) is 6.77. The summed E-state index contributed by atoms with van der Waals surface area (Å²) in [5.74, 6) is 0. The number of hydrogen-bond donors (Lipinski definition) is 0. The Morgan fingerprint density at radius 1 is 0.870 bits per heavy atom. The minimum absolute atomic E-state index is 0.191. The van der Waals surface area contributed by atoms with Crippen LogP contribution < -0.4 is 0 Å². The zero-order valence-electron chi connectivity index (χ0n) is 14.5. The van der Waals surface area contributed by atoms with Crippen molar-refractivity contribution in [2.24, 2.45) is 0 Å². The lowest BCUT2D eigenvalue weighted by atomic mass is 10.3. The number of halogens is 1. The maximum Gasteiger partial charge on any atom is 0.244 e. The molecule has 7 heteroatoms. The average Bonchev–Trinajstić information content (AvgIpc) is 2.45. The molecule has 0 spiro atoms. The second-order valence-corrected chi connectivity index (χ2v) is 8.46. The van der Waals surface area contributed by atoms with Crippen molar-refractivity contribution in [2.45, 2.75) is 17.7 Å². The van der Waals surface area contributed by atoms with Gasteiger partial charge >= 0.3 is 0 Å². The third-order valence-electron chi connectivity index (χ3n) is 3.48. The maximum atomic E-state index is 12.9. The SMILES string of the molecule is CN(C)CCCN(CCCN(C)C)S(=O)(=O)c1ccccc1Cl. The summed E-state index contributed by atoms with van der Waals surface area (Å²) in [6, 6.07) is 6.63. The molecule has 0 amide bonds. The Morgan fingerprint density at radius 3 is 1.78 bits per heavy atom. The van der Waals surface area contributed by atoms with E-state index in [9.17, 15) is 8.42 Å². The van der Waals surface area contributed by atoms with Crippen LogP contribution in [0.25, 0.3) is 0 Å². The standard InChI is InChI=1S/C16H28ClN3O2S/c1-18(2)11-7-13-20(14-8-12-19(3)4)23(21,22)16-10-6-5-9-15(16)17/h5-6,9-10H,7-8,11-14H2,1-4H3. The highest BCUT2D eigenvalue weighted by atomic mass is 35.5. The van der Waals surface area contributed by atoms with Crippen LogP contribution in [0.3, 0.4) is 0 Å². The number of rotatable bonds is 10. The zero-order chi connectivity index (χ0) is 17.5. The molecule has 1 aromatic carbocycles. The van der Waals surface area contributed by atoms with Crippen LogP contribution in [-0.4, -0.2) is 76.9 Å². The lowest BCUT2D eigenvalue weighted by Crippen LogP contribution is -2.35. The quantitative estimate of drug-likeness (QED) is 0.641. The molecule has 0 aliphatic rings. The molecule has 0 atom stereocenters. The maximum absolute atomic E-state index is 12.9. The molecule has 23 heavy (non-hydrogen) atoms.